The van der Waals surface area contributed by atoms with Crippen LogP contribution < -0.4 is 16.4 Å². The molecule has 1 aromatic carbocycles. The predicted octanol–water partition coefficient (Wildman–Crippen LogP) is 3.76. The van der Waals surface area contributed by atoms with E-state index in [4.69, 9.17) is 5.73 Å². The van der Waals surface area contributed by atoms with E-state index in [0.717, 1.165) is 11.3 Å². The number of hydrogen-bond acceptors (Lipinski definition) is 2. The van der Waals surface area contributed by atoms with Gasteiger partial charge in [0.2, 0.25) is 0 Å². The van der Waals surface area contributed by atoms with Crippen LogP contribution in [0.15, 0.2) is 24.3 Å². The molecule has 118 valence electrons. The van der Waals surface area contributed by atoms with Gasteiger partial charge in [-0.15, -0.1) is 0 Å². The lowest BCUT2D eigenvalue weighted by molar-refractivity contribution is 0.239. The molecule has 1 unspecified atom stereocenters. The molecule has 0 aliphatic rings. The second-order valence-electron chi connectivity index (χ2n) is 6.40. The van der Waals surface area contributed by atoms with Crippen LogP contribution in [0.3, 0.4) is 0 Å². The van der Waals surface area contributed by atoms with E-state index in [9.17, 15) is 4.79 Å². The second-order valence-corrected chi connectivity index (χ2v) is 6.40. The van der Waals surface area contributed by atoms with E-state index in [-0.39, 0.29) is 12.1 Å². The number of hydrogen-bond donors (Lipinski definition) is 3. The number of urea groups is 1. The van der Waals surface area contributed by atoms with E-state index in [1.165, 1.54) is 0 Å². The second kappa shape index (κ2) is 8.03. The monoisotopic (exact) mass is 291 g/mol. The van der Waals surface area contributed by atoms with Gasteiger partial charge in [0.25, 0.3) is 0 Å². The zero-order valence-corrected chi connectivity index (χ0v) is 13.8. The maximum Gasteiger partial charge on any atom is 0.319 e. The molecule has 2 amide bonds. The number of rotatable bonds is 6. The summed E-state index contributed by atoms with van der Waals surface area (Å²) in [5, 5.41) is 5.83. The molecule has 0 saturated heterocycles. The van der Waals surface area contributed by atoms with Gasteiger partial charge in [0.1, 0.15) is 0 Å². The third-order valence-electron chi connectivity index (χ3n) is 3.88. The normalized spacial score (nSPS) is 12.8. The summed E-state index contributed by atoms with van der Waals surface area (Å²) in [4.78, 5) is 12.0. The third-order valence-corrected chi connectivity index (χ3v) is 3.88. The Balaban J connectivity index is 2.56. The molecule has 0 heterocycles. The van der Waals surface area contributed by atoms with Gasteiger partial charge in [0, 0.05) is 18.3 Å². The van der Waals surface area contributed by atoms with Gasteiger partial charge in [0.15, 0.2) is 0 Å². The SMILES string of the molecule is CC(N)c1cccc(NC(=O)NCC(C(C)C)C(C)C)c1. The van der Waals surface area contributed by atoms with Crippen LogP contribution in [0, 0.1) is 17.8 Å². The molecule has 0 saturated carbocycles. The quantitative estimate of drug-likeness (QED) is 0.747. The Kier molecular flexibility index (Phi) is 6.69. The van der Waals surface area contributed by atoms with E-state index < -0.39 is 0 Å². The Morgan fingerprint density at radius 2 is 1.76 bits per heavy atom. The fourth-order valence-electron chi connectivity index (χ4n) is 2.53. The summed E-state index contributed by atoms with van der Waals surface area (Å²) in [5.74, 6) is 1.57. The Morgan fingerprint density at radius 3 is 2.29 bits per heavy atom. The minimum atomic E-state index is -0.164. The summed E-state index contributed by atoms with van der Waals surface area (Å²) in [6, 6.07) is 7.44. The van der Waals surface area contributed by atoms with Crippen molar-refractivity contribution in [2.45, 2.75) is 40.7 Å². The largest absolute Gasteiger partial charge is 0.338 e. The van der Waals surface area contributed by atoms with E-state index >= 15 is 0 Å². The minimum Gasteiger partial charge on any atom is -0.338 e. The summed E-state index contributed by atoms with van der Waals surface area (Å²) in [6.45, 7) is 11.4. The fourth-order valence-corrected chi connectivity index (χ4v) is 2.53. The lowest BCUT2D eigenvalue weighted by atomic mass is 9.85. The van der Waals surface area contributed by atoms with Gasteiger partial charge in [-0.1, -0.05) is 39.8 Å². The van der Waals surface area contributed by atoms with Crippen molar-refractivity contribution in [3.05, 3.63) is 29.8 Å². The molecule has 4 nitrogen and oxygen atoms in total. The Labute approximate surface area is 128 Å². The van der Waals surface area contributed by atoms with Crippen molar-refractivity contribution in [3.63, 3.8) is 0 Å². The Hall–Kier alpha value is -1.55. The van der Waals surface area contributed by atoms with Gasteiger partial charge in [-0.2, -0.15) is 0 Å². The van der Waals surface area contributed by atoms with Gasteiger partial charge in [-0.25, -0.2) is 4.79 Å². The molecule has 21 heavy (non-hydrogen) atoms. The third kappa shape index (κ3) is 5.76. The summed E-state index contributed by atoms with van der Waals surface area (Å²) >= 11 is 0. The molecule has 0 radical (unpaired) electrons. The molecule has 0 aliphatic carbocycles. The van der Waals surface area contributed by atoms with Gasteiger partial charge < -0.3 is 16.4 Å². The van der Waals surface area contributed by atoms with Crippen molar-refractivity contribution in [3.8, 4) is 0 Å². The van der Waals surface area contributed by atoms with Gasteiger partial charge in [-0.3, -0.25) is 0 Å². The number of nitrogens with two attached hydrogens (primary N) is 1. The number of benzene rings is 1. The molecule has 1 rings (SSSR count). The minimum absolute atomic E-state index is 0.0407. The maximum absolute atomic E-state index is 12.0. The highest BCUT2D eigenvalue weighted by molar-refractivity contribution is 5.89. The first-order valence-electron chi connectivity index (χ1n) is 7.71. The van der Waals surface area contributed by atoms with Crippen LogP contribution in [-0.4, -0.2) is 12.6 Å². The first-order chi connectivity index (χ1) is 9.81. The van der Waals surface area contributed by atoms with E-state index in [2.05, 4.69) is 38.3 Å². The lowest BCUT2D eigenvalue weighted by Gasteiger charge is -2.25. The summed E-state index contributed by atoms with van der Waals surface area (Å²) < 4.78 is 0. The maximum atomic E-state index is 12.0. The van der Waals surface area contributed by atoms with Crippen molar-refractivity contribution in [1.29, 1.82) is 0 Å². The number of nitrogens with one attached hydrogen (secondary N) is 2. The molecule has 0 bridgehead atoms. The van der Waals surface area contributed by atoms with E-state index in [0.29, 0.717) is 24.3 Å². The first kappa shape index (κ1) is 17.5. The fraction of sp³-hybridized carbons (Fsp3) is 0.588. The highest BCUT2D eigenvalue weighted by Crippen LogP contribution is 2.19. The number of amides is 2. The average molecular weight is 291 g/mol. The smallest absolute Gasteiger partial charge is 0.319 e. The van der Waals surface area contributed by atoms with Crippen LogP contribution in [-0.2, 0) is 0 Å². The molecule has 1 aromatic rings. The summed E-state index contributed by atoms with van der Waals surface area (Å²) in [5.41, 5.74) is 7.63. The van der Waals surface area contributed by atoms with Crippen LogP contribution in [0.25, 0.3) is 0 Å². The average Bonchev–Trinajstić information content (AvgIpc) is 2.38. The number of anilines is 1. The summed E-state index contributed by atoms with van der Waals surface area (Å²) in [6.07, 6.45) is 0. The molecule has 0 fully saturated rings. The molecular formula is C17H29N3O. The predicted molar refractivity (Wildman–Crippen MR) is 89.2 cm³/mol. The highest BCUT2D eigenvalue weighted by atomic mass is 16.2. The van der Waals surface area contributed by atoms with Crippen LogP contribution in [0.5, 0.6) is 0 Å². The molecular weight excluding hydrogens is 262 g/mol. The molecule has 1 atom stereocenters. The van der Waals surface area contributed by atoms with Crippen LogP contribution in [0.2, 0.25) is 0 Å². The Morgan fingerprint density at radius 1 is 1.14 bits per heavy atom. The van der Waals surface area contributed by atoms with E-state index in [1.807, 2.05) is 31.2 Å². The molecule has 4 heteroatoms. The van der Waals surface area contributed by atoms with Gasteiger partial charge in [-0.05, 0) is 42.4 Å². The van der Waals surface area contributed by atoms with Gasteiger partial charge in [0.05, 0.1) is 0 Å². The van der Waals surface area contributed by atoms with Crippen molar-refractivity contribution >= 4 is 11.7 Å². The summed E-state index contributed by atoms with van der Waals surface area (Å²) in [7, 11) is 0. The number of carbonyl (C=O) groups excluding carboxylic acids is 1. The topological polar surface area (TPSA) is 67.1 Å². The van der Waals surface area contributed by atoms with Crippen molar-refractivity contribution < 1.29 is 4.79 Å². The molecule has 4 N–H and O–H groups in total. The van der Waals surface area contributed by atoms with Crippen LogP contribution in [0.4, 0.5) is 10.5 Å². The van der Waals surface area contributed by atoms with Gasteiger partial charge >= 0.3 is 6.03 Å². The first-order valence-corrected chi connectivity index (χ1v) is 7.71. The van der Waals surface area contributed by atoms with E-state index in [1.54, 1.807) is 0 Å². The molecule has 0 spiro atoms. The van der Waals surface area contributed by atoms with Crippen LogP contribution >= 0.6 is 0 Å². The zero-order valence-electron chi connectivity index (χ0n) is 13.8. The van der Waals surface area contributed by atoms with Crippen molar-refractivity contribution in [1.82, 2.24) is 5.32 Å². The molecule has 0 aromatic heterocycles. The lowest BCUT2D eigenvalue weighted by Crippen LogP contribution is -2.36. The highest BCUT2D eigenvalue weighted by Gasteiger charge is 2.18. The zero-order chi connectivity index (χ0) is 16.0. The Bertz CT molecular complexity index is 447. The van der Waals surface area contributed by atoms with Crippen molar-refractivity contribution in [2.24, 2.45) is 23.5 Å². The molecule has 0 aliphatic heterocycles. The number of carbonyl (C=O) groups is 1. The van der Waals surface area contributed by atoms with Crippen molar-refractivity contribution in [2.75, 3.05) is 11.9 Å². The van der Waals surface area contributed by atoms with Crippen LogP contribution in [0.1, 0.15) is 46.2 Å². The standard InChI is InChI=1S/C17H29N3O/c1-11(2)16(12(3)4)10-19-17(21)20-15-8-6-7-14(9-15)13(5)18/h6-9,11-13,16H,10,18H2,1-5H3,(H2,19,20,21).